The van der Waals surface area contributed by atoms with E-state index in [-0.39, 0.29) is 5.56 Å². The van der Waals surface area contributed by atoms with Crippen molar-refractivity contribution >= 4 is 6.29 Å². The van der Waals surface area contributed by atoms with Crippen molar-refractivity contribution in [1.29, 1.82) is 0 Å². The summed E-state index contributed by atoms with van der Waals surface area (Å²) in [5.41, 5.74) is 4.35. The molecule has 0 aliphatic heterocycles. The summed E-state index contributed by atoms with van der Waals surface area (Å²) in [6.07, 6.45) is 0.542. The van der Waals surface area contributed by atoms with Gasteiger partial charge in [-0.25, -0.2) is 4.39 Å². The first-order valence-electron chi connectivity index (χ1n) is 5.44. The average Bonchev–Trinajstić information content (AvgIpc) is 2.33. The standard InChI is InChI=1S/C15H13FO/c1-10-3-4-12(7-11(10)2)13-5-6-15(16)14(8-13)9-17/h3-9H,1-2H3. The van der Waals surface area contributed by atoms with E-state index >= 15 is 0 Å². The predicted molar refractivity (Wildman–Crippen MR) is 66.7 cm³/mol. The van der Waals surface area contributed by atoms with Gasteiger partial charge in [0.2, 0.25) is 0 Å². The second kappa shape index (κ2) is 4.50. The monoisotopic (exact) mass is 228 g/mol. The van der Waals surface area contributed by atoms with Crippen LogP contribution in [0.3, 0.4) is 0 Å². The summed E-state index contributed by atoms with van der Waals surface area (Å²) in [7, 11) is 0. The summed E-state index contributed by atoms with van der Waals surface area (Å²) in [5, 5.41) is 0. The quantitative estimate of drug-likeness (QED) is 0.712. The van der Waals surface area contributed by atoms with Crippen LogP contribution >= 0.6 is 0 Å². The van der Waals surface area contributed by atoms with E-state index in [1.54, 1.807) is 12.1 Å². The molecular formula is C15H13FO. The molecule has 2 rings (SSSR count). The molecule has 0 aliphatic carbocycles. The number of hydrogen-bond acceptors (Lipinski definition) is 1. The normalized spacial score (nSPS) is 10.3. The van der Waals surface area contributed by atoms with Gasteiger partial charge in [0.05, 0.1) is 5.56 Å². The van der Waals surface area contributed by atoms with E-state index in [0.717, 1.165) is 11.1 Å². The summed E-state index contributed by atoms with van der Waals surface area (Å²) in [4.78, 5) is 10.7. The van der Waals surface area contributed by atoms with Crippen molar-refractivity contribution in [1.82, 2.24) is 0 Å². The number of aryl methyl sites for hydroxylation is 2. The zero-order chi connectivity index (χ0) is 12.4. The lowest BCUT2D eigenvalue weighted by Gasteiger charge is -2.06. The molecule has 0 fully saturated rings. The maximum absolute atomic E-state index is 13.2. The van der Waals surface area contributed by atoms with Gasteiger partial charge in [0.25, 0.3) is 0 Å². The fourth-order valence-corrected chi connectivity index (χ4v) is 1.73. The van der Waals surface area contributed by atoms with Gasteiger partial charge in [-0.3, -0.25) is 4.79 Å². The van der Waals surface area contributed by atoms with Crippen LogP contribution in [0.4, 0.5) is 4.39 Å². The van der Waals surface area contributed by atoms with E-state index in [9.17, 15) is 9.18 Å². The Bertz CT molecular complexity index is 573. The first-order chi connectivity index (χ1) is 8.11. The van der Waals surface area contributed by atoms with E-state index in [4.69, 9.17) is 0 Å². The molecule has 0 spiro atoms. The number of halogens is 1. The molecule has 0 radical (unpaired) electrons. The van der Waals surface area contributed by atoms with Gasteiger partial charge >= 0.3 is 0 Å². The first kappa shape index (κ1) is 11.5. The molecule has 0 saturated carbocycles. The zero-order valence-corrected chi connectivity index (χ0v) is 9.83. The Labute approximate surface area is 99.9 Å². The van der Waals surface area contributed by atoms with Crippen molar-refractivity contribution in [2.75, 3.05) is 0 Å². The molecule has 0 bridgehead atoms. The van der Waals surface area contributed by atoms with Crippen LogP contribution in [0.2, 0.25) is 0 Å². The lowest BCUT2D eigenvalue weighted by atomic mass is 9.99. The lowest BCUT2D eigenvalue weighted by Crippen LogP contribution is -1.89. The van der Waals surface area contributed by atoms with E-state index in [1.807, 2.05) is 32.0 Å². The lowest BCUT2D eigenvalue weighted by molar-refractivity contribution is 0.112. The molecule has 0 aliphatic rings. The van der Waals surface area contributed by atoms with Gasteiger partial charge in [0, 0.05) is 0 Å². The summed E-state index contributed by atoms with van der Waals surface area (Å²) >= 11 is 0. The summed E-state index contributed by atoms with van der Waals surface area (Å²) in [6, 6.07) is 10.6. The molecule has 0 N–H and O–H groups in total. The first-order valence-corrected chi connectivity index (χ1v) is 5.44. The average molecular weight is 228 g/mol. The molecule has 0 amide bonds. The molecule has 0 heterocycles. The zero-order valence-electron chi connectivity index (χ0n) is 9.83. The molecule has 2 heteroatoms. The van der Waals surface area contributed by atoms with Crippen molar-refractivity contribution in [2.24, 2.45) is 0 Å². The minimum Gasteiger partial charge on any atom is -0.298 e. The van der Waals surface area contributed by atoms with Crippen LogP contribution < -0.4 is 0 Å². The third-order valence-electron chi connectivity index (χ3n) is 2.96. The molecule has 0 atom stereocenters. The largest absolute Gasteiger partial charge is 0.298 e. The van der Waals surface area contributed by atoms with Crippen LogP contribution in [0.5, 0.6) is 0 Å². The molecule has 0 unspecified atom stereocenters. The minimum atomic E-state index is -0.479. The highest BCUT2D eigenvalue weighted by molar-refractivity contribution is 5.79. The van der Waals surface area contributed by atoms with Crippen LogP contribution in [0, 0.1) is 19.7 Å². The molecule has 1 nitrogen and oxygen atoms in total. The third-order valence-corrected chi connectivity index (χ3v) is 2.96. The Kier molecular flexibility index (Phi) is 3.05. The Morgan fingerprint density at radius 2 is 1.59 bits per heavy atom. The van der Waals surface area contributed by atoms with Crippen molar-refractivity contribution in [3.05, 3.63) is 58.9 Å². The smallest absolute Gasteiger partial charge is 0.153 e. The Hall–Kier alpha value is -1.96. The number of hydrogen-bond donors (Lipinski definition) is 0. The maximum atomic E-state index is 13.2. The second-order valence-corrected chi connectivity index (χ2v) is 4.15. The topological polar surface area (TPSA) is 17.1 Å². The van der Waals surface area contributed by atoms with Gasteiger partial charge in [-0.2, -0.15) is 0 Å². The van der Waals surface area contributed by atoms with Gasteiger partial charge in [-0.05, 0) is 48.2 Å². The number of carbonyl (C=O) groups is 1. The van der Waals surface area contributed by atoms with Crippen molar-refractivity contribution in [3.8, 4) is 11.1 Å². The number of carbonyl (C=O) groups excluding carboxylic acids is 1. The van der Waals surface area contributed by atoms with Crippen molar-refractivity contribution in [2.45, 2.75) is 13.8 Å². The Morgan fingerprint density at radius 3 is 2.24 bits per heavy atom. The van der Waals surface area contributed by atoms with E-state index in [0.29, 0.717) is 6.29 Å². The van der Waals surface area contributed by atoms with Gasteiger partial charge < -0.3 is 0 Å². The summed E-state index contributed by atoms with van der Waals surface area (Å²) in [6.45, 7) is 4.07. The van der Waals surface area contributed by atoms with Gasteiger partial charge in [0.15, 0.2) is 6.29 Å². The van der Waals surface area contributed by atoms with Crippen molar-refractivity contribution in [3.63, 3.8) is 0 Å². The van der Waals surface area contributed by atoms with Crippen molar-refractivity contribution < 1.29 is 9.18 Å². The number of aldehydes is 1. The SMILES string of the molecule is Cc1ccc(-c2ccc(F)c(C=O)c2)cc1C. The van der Waals surface area contributed by atoms with Crippen LogP contribution in [0.25, 0.3) is 11.1 Å². The van der Waals surface area contributed by atoms with Crippen LogP contribution in [-0.4, -0.2) is 6.29 Å². The van der Waals surface area contributed by atoms with E-state index < -0.39 is 5.82 Å². The van der Waals surface area contributed by atoms with Crippen LogP contribution in [0.1, 0.15) is 21.5 Å². The Balaban J connectivity index is 2.52. The van der Waals surface area contributed by atoms with Crippen LogP contribution in [-0.2, 0) is 0 Å². The second-order valence-electron chi connectivity index (χ2n) is 4.15. The fourth-order valence-electron chi connectivity index (χ4n) is 1.73. The molecule has 17 heavy (non-hydrogen) atoms. The third kappa shape index (κ3) is 2.26. The van der Waals surface area contributed by atoms with Gasteiger partial charge in [-0.15, -0.1) is 0 Å². The molecule has 2 aromatic rings. The fraction of sp³-hybridized carbons (Fsp3) is 0.133. The van der Waals surface area contributed by atoms with Crippen LogP contribution in [0.15, 0.2) is 36.4 Å². The molecular weight excluding hydrogens is 215 g/mol. The Morgan fingerprint density at radius 1 is 0.941 bits per heavy atom. The highest BCUT2D eigenvalue weighted by atomic mass is 19.1. The molecule has 0 aromatic heterocycles. The highest BCUT2D eigenvalue weighted by Crippen LogP contribution is 2.23. The maximum Gasteiger partial charge on any atom is 0.153 e. The van der Waals surface area contributed by atoms with E-state index in [1.165, 1.54) is 17.2 Å². The predicted octanol–water partition coefficient (Wildman–Crippen LogP) is 3.92. The number of benzene rings is 2. The number of rotatable bonds is 2. The molecule has 0 saturated heterocycles. The molecule has 2 aromatic carbocycles. The van der Waals surface area contributed by atoms with E-state index in [2.05, 4.69) is 0 Å². The summed E-state index contributed by atoms with van der Waals surface area (Å²) < 4.78 is 13.2. The highest BCUT2D eigenvalue weighted by Gasteiger charge is 2.05. The van der Waals surface area contributed by atoms with Gasteiger partial charge in [0.1, 0.15) is 5.82 Å². The minimum absolute atomic E-state index is 0.0979. The molecule has 86 valence electrons. The van der Waals surface area contributed by atoms with Gasteiger partial charge in [-0.1, -0.05) is 24.3 Å². The summed E-state index contributed by atoms with van der Waals surface area (Å²) in [5.74, 6) is -0.479.